The number of hydrogen-bond acceptors (Lipinski definition) is 4. The summed E-state index contributed by atoms with van der Waals surface area (Å²) in [6.07, 6.45) is 6.72. The Bertz CT molecular complexity index is 483. The van der Waals surface area contributed by atoms with E-state index in [2.05, 4.69) is 31.1 Å². The van der Waals surface area contributed by atoms with Gasteiger partial charge in [0.15, 0.2) is 0 Å². The van der Waals surface area contributed by atoms with E-state index in [0.29, 0.717) is 5.92 Å². The van der Waals surface area contributed by atoms with Crippen LogP contribution in [0.2, 0.25) is 0 Å². The van der Waals surface area contributed by atoms with Gasteiger partial charge in [-0.1, -0.05) is 26.0 Å². The van der Waals surface area contributed by atoms with Crippen LogP contribution in [0.1, 0.15) is 40.0 Å². The number of fused-ring (bicyclic) bond motifs is 2. The van der Waals surface area contributed by atoms with Crippen LogP contribution >= 0.6 is 0 Å². The predicted octanol–water partition coefficient (Wildman–Crippen LogP) is 2.04. The summed E-state index contributed by atoms with van der Waals surface area (Å²) in [6, 6.07) is 0. The molecule has 5 nitrogen and oxygen atoms in total. The molecule has 0 amide bonds. The van der Waals surface area contributed by atoms with Crippen LogP contribution in [0.4, 0.5) is 0 Å². The summed E-state index contributed by atoms with van der Waals surface area (Å²) >= 11 is 0. The maximum Gasteiger partial charge on any atom is 0.328 e. The van der Waals surface area contributed by atoms with Crippen LogP contribution in [-0.2, 0) is 16.1 Å². The summed E-state index contributed by atoms with van der Waals surface area (Å²) in [5.74, 6) is 0.474. The van der Waals surface area contributed by atoms with Crippen LogP contribution in [0.25, 0.3) is 0 Å². The predicted molar refractivity (Wildman–Crippen MR) is 69.1 cm³/mol. The van der Waals surface area contributed by atoms with E-state index < -0.39 is 0 Å². The highest BCUT2D eigenvalue weighted by atomic mass is 16.5. The maximum atomic E-state index is 12.0. The average molecular weight is 263 g/mol. The number of nitrogens with zero attached hydrogens (tertiary/aromatic N) is 3. The minimum absolute atomic E-state index is 0.0530. The molecule has 104 valence electrons. The van der Waals surface area contributed by atoms with Crippen molar-refractivity contribution in [2.75, 3.05) is 0 Å². The largest absolute Gasteiger partial charge is 0.460 e. The van der Waals surface area contributed by atoms with Gasteiger partial charge in [-0.05, 0) is 30.6 Å². The van der Waals surface area contributed by atoms with Crippen molar-refractivity contribution in [2.45, 2.75) is 52.7 Å². The lowest BCUT2D eigenvalue weighted by Gasteiger charge is -2.38. The van der Waals surface area contributed by atoms with Gasteiger partial charge in [0, 0.05) is 11.6 Å². The molecule has 19 heavy (non-hydrogen) atoms. The summed E-state index contributed by atoms with van der Waals surface area (Å²) in [4.78, 5) is 12.0. The summed E-state index contributed by atoms with van der Waals surface area (Å²) in [5.41, 5.74) is 0.390. The van der Waals surface area contributed by atoms with Gasteiger partial charge in [-0.15, -0.1) is 5.10 Å². The molecule has 2 saturated carbocycles. The number of rotatable bonds is 3. The Balaban J connectivity index is 1.67. The second-order valence-electron chi connectivity index (χ2n) is 6.69. The van der Waals surface area contributed by atoms with Gasteiger partial charge in [-0.2, -0.15) is 0 Å². The van der Waals surface area contributed by atoms with E-state index in [1.165, 1.54) is 11.1 Å². The van der Waals surface area contributed by atoms with Crippen molar-refractivity contribution >= 4 is 5.97 Å². The Hall–Kier alpha value is -1.39. The van der Waals surface area contributed by atoms with Crippen molar-refractivity contribution in [3.63, 3.8) is 0 Å². The summed E-state index contributed by atoms with van der Waals surface area (Å²) < 4.78 is 7.23. The zero-order valence-electron chi connectivity index (χ0n) is 11.8. The summed E-state index contributed by atoms with van der Waals surface area (Å²) in [6.45, 7) is 7.05. The van der Waals surface area contributed by atoms with Crippen molar-refractivity contribution in [1.82, 2.24) is 15.0 Å². The van der Waals surface area contributed by atoms with E-state index in [1.54, 1.807) is 12.4 Å². The summed E-state index contributed by atoms with van der Waals surface area (Å²) in [7, 11) is 0. The van der Waals surface area contributed by atoms with E-state index in [1.807, 2.05) is 0 Å². The molecule has 0 aliphatic heterocycles. The fraction of sp³-hybridized carbons (Fsp3) is 0.786. The molecule has 0 aromatic carbocycles. The van der Waals surface area contributed by atoms with Gasteiger partial charge in [0.1, 0.15) is 12.6 Å². The lowest BCUT2D eigenvalue weighted by atomic mass is 9.70. The number of aromatic nitrogens is 3. The molecule has 1 aromatic heterocycles. The minimum atomic E-state index is -0.208. The third-order valence-corrected chi connectivity index (χ3v) is 5.75. The molecule has 1 aromatic rings. The Morgan fingerprint density at radius 1 is 1.47 bits per heavy atom. The first-order chi connectivity index (χ1) is 8.93. The number of esters is 1. The van der Waals surface area contributed by atoms with Crippen molar-refractivity contribution < 1.29 is 9.53 Å². The Morgan fingerprint density at radius 3 is 2.79 bits per heavy atom. The lowest BCUT2D eigenvalue weighted by molar-refractivity contribution is -0.157. The van der Waals surface area contributed by atoms with Crippen LogP contribution < -0.4 is 0 Å². The molecule has 0 radical (unpaired) electrons. The molecule has 1 heterocycles. The normalized spacial score (nSPS) is 35.5. The molecular formula is C14H21N3O2. The van der Waals surface area contributed by atoms with Gasteiger partial charge in [0.05, 0.1) is 6.20 Å². The number of carbonyl (C=O) groups is 1. The van der Waals surface area contributed by atoms with Crippen molar-refractivity contribution in [2.24, 2.45) is 16.7 Å². The second kappa shape index (κ2) is 4.05. The molecule has 2 bridgehead atoms. The first-order valence-electron chi connectivity index (χ1n) is 6.97. The van der Waals surface area contributed by atoms with Crippen molar-refractivity contribution in [3.8, 4) is 0 Å². The van der Waals surface area contributed by atoms with E-state index in [0.717, 1.165) is 12.8 Å². The van der Waals surface area contributed by atoms with E-state index in [4.69, 9.17) is 4.74 Å². The van der Waals surface area contributed by atoms with E-state index in [-0.39, 0.29) is 29.4 Å². The van der Waals surface area contributed by atoms with Gasteiger partial charge in [-0.25, -0.2) is 4.68 Å². The highest BCUT2D eigenvalue weighted by molar-refractivity contribution is 5.69. The second-order valence-corrected chi connectivity index (χ2v) is 6.69. The molecule has 3 rings (SSSR count). The van der Waals surface area contributed by atoms with Crippen LogP contribution in [-0.4, -0.2) is 27.1 Å². The molecule has 0 saturated heterocycles. The van der Waals surface area contributed by atoms with Crippen molar-refractivity contribution in [1.29, 1.82) is 0 Å². The lowest BCUT2D eigenvalue weighted by Crippen LogP contribution is -2.38. The monoisotopic (exact) mass is 263 g/mol. The van der Waals surface area contributed by atoms with Gasteiger partial charge in [0.25, 0.3) is 0 Å². The quantitative estimate of drug-likeness (QED) is 0.783. The van der Waals surface area contributed by atoms with Crippen LogP contribution in [0.15, 0.2) is 12.4 Å². The standard InChI is InChI=1S/C14H21N3O2/c1-13(2)10-4-5-14(13,3)11(8-10)19-12(18)9-17-7-6-15-16-17/h6-7,10-11H,4-5,8-9H2,1-3H3. The summed E-state index contributed by atoms with van der Waals surface area (Å²) in [5, 5.41) is 7.48. The number of hydrogen-bond donors (Lipinski definition) is 0. The van der Waals surface area contributed by atoms with Gasteiger partial charge >= 0.3 is 5.97 Å². The zero-order chi connectivity index (χ0) is 13.7. The van der Waals surface area contributed by atoms with Crippen LogP contribution in [0.5, 0.6) is 0 Å². The molecule has 0 N–H and O–H groups in total. The third kappa shape index (κ3) is 1.78. The van der Waals surface area contributed by atoms with Gasteiger partial charge in [-0.3, -0.25) is 4.79 Å². The topological polar surface area (TPSA) is 57.0 Å². The molecular weight excluding hydrogens is 242 g/mol. The van der Waals surface area contributed by atoms with Gasteiger partial charge in [0.2, 0.25) is 0 Å². The highest BCUT2D eigenvalue weighted by Crippen LogP contribution is 2.66. The van der Waals surface area contributed by atoms with Crippen molar-refractivity contribution in [3.05, 3.63) is 12.4 Å². The molecule has 3 unspecified atom stereocenters. The Morgan fingerprint density at radius 2 is 2.26 bits per heavy atom. The van der Waals surface area contributed by atoms with Crippen LogP contribution in [0.3, 0.4) is 0 Å². The smallest absolute Gasteiger partial charge is 0.328 e. The molecule has 2 aliphatic carbocycles. The van der Waals surface area contributed by atoms with E-state index >= 15 is 0 Å². The molecule has 0 spiro atoms. The SMILES string of the molecule is CC1(C)C2CCC1(C)C(OC(=O)Cn1ccnn1)C2. The fourth-order valence-electron chi connectivity index (χ4n) is 3.95. The average Bonchev–Trinajstić information content (AvgIpc) is 2.95. The number of ether oxygens (including phenoxy) is 1. The first kappa shape index (κ1) is 12.6. The molecule has 2 aliphatic rings. The van der Waals surface area contributed by atoms with Crippen LogP contribution in [0, 0.1) is 16.7 Å². The molecule has 5 heteroatoms. The Labute approximate surface area is 113 Å². The highest BCUT2D eigenvalue weighted by Gasteiger charge is 2.62. The third-order valence-electron chi connectivity index (χ3n) is 5.75. The first-order valence-corrected chi connectivity index (χ1v) is 6.97. The zero-order valence-corrected chi connectivity index (χ0v) is 11.8. The Kier molecular flexibility index (Phi) is 2.69. The van der Waals surface area contributed by atoms with E-state index in [9.17, 15) is 4.79 Å². The molecule has 2 fully saturated rings. The minimum Gasteiger partial charge on any atom is -0.460 e. The fourth-order valence-corrected chi connectivity index (χ4v) is 3.95. The maximum absolute atomic E-state index is 12.0. The number of carbonyl (C=O) groups excluding carboxylic acids is 1. The molecule has 3 atom stereocenters. The van der Waals surface area contributed by atoms with Gasteiger partial charge < -0.3 is 4.74 Å².